The molecule has 5 amide bonds. The molecule has 0 aromatic heterocycles. The van der Waals surface area contributed by atoms with Crippen molar-refractivity contribution in [3.05, 3.63) is 109 Å². The van der Waals surface area contributed by atoms with E-state index < -0.39 is 55.3 Å². The van der Waals surface area contributed by atoms with Gasteiger partial charge in [0.05, 0.1) is 30.9 Å². The van der Waals surface area contributed by atoms with Crippen molar-refractivity contribution in [2.75, 3.05) is 60.9 Å². The van der Waals surface area contributed by atoms with Gasteiger partial charge in [0.25, 0.3) is 5.91 Å². The number of hydrogen-bond donors (Lipinski definition) is 3. The van der Waals surface area contributed by atoms with E-state index >= 15 is 0 Å². The molecular weight excluding hydrogens is 642 g/mol. The third-order valence-corrected chi connectivity index (χ3v) is 7.85. The zero-order valence-corrected chi connectivity index (χ0v) is 28.2. The highest BCUT2D eigenvalue weighted by Gasteiger charge is 2.26. The largest absolute Gasteiger partial charge is 0.495 e. The lowest BCUT2D eigenvalue weighted by atomic mass is 10.0. The van der Waals surface area contributed by atoms with E-state index in [0.29, 0.717) is 28.4 Å². The summed E-state index contributed by atoms with van der Waals surface area (Å²) in [6.07, 6.45) is 0. The quantitative estimate of drug-likeness (QED) is 0.172. The predicted octanol–water partition coefficient (Wildman–Crippen LogP) is 4.74. The van der Waals surface area contributed by atoms with E-state index in [9.17, 15) is 29.1 Å². The number of carbonyl (C=O) groups excluding carboxylic acids is 4. The summed E-state index contributed by atoms with van der Waals surface area (Å²) >= 11 is 0. The summed E-state index contributed by atoms with van der Waals surface area (Å²) in [4.78, 5) is 68.6. The minimum absolute atomic E-state index is 0.159. The Kier molecular flexibility index (Phi) is 12.5. The second kappa shape index (κ2) is 17.2. The van der Waals surface area contributed by atoms with Gasteiger partial charge in [-0.2, -0.15) is 0 Å². The lowest BCUT2D eigenvalue weighted by Gasteiger charge is -2.27. The number of carboxylic acids is 1. The number of ether oxygens (including phenoxy) is 2. The van der Waals surface area contributed by atoms with Gasteiger partial charge in [0.2, 0.25) is 11.8 Å². The molecule has 4 aromatic rings. The van der Waals surface area contributed by atoms with Crippen LogP contribution >= 0.6 is 0 Å². The standard InChI is InChI=1S/C37H39N5O8/c1-25(36(46)47)26-13-12-14-27(21-26)39-37(48)38-22-33(43)42(23-34(44)40(2)28-15-6-5-7-16-28)30-18-9-11-20-32(30)50-24-35(45)41(3)29-17-8-10-19-31(29)49-4/h5-21,25H,22-24H2,1-4H3,(H,46,47)(H2,38,39,48). The molecule has 13 nitrogen and oxygen atoms in total. The third-order valence-electron chi connectivity index (χ3n) is 7.85. The number of urea groups is 1. The molecule has 1 atom stereocenters. The smallest absolute Gasteiger partial charge is 0.319 e. The van der Waals surface area contributed by atoms with Crippen molar-refractivity contribution in [2.24, 2.45) is 0 Å². The van der Waals surface area contributed by atoms with E-state index in [4.69, 9.17) is 9.47 Å². The maximum Gasteiger partial charge on any atom is 0.319 e. The van der Waals surface area contributed by atoms with Crippen LogP contribution in [-0.2, 0) is 19.2 Å². The van der Waals surface area contributed by atoms with Gasteiger partial charge in [-0.15, -0.1) is 0 Å². The van der Waals surface area contributed by atoms with Crippen LogP contribution in [-0.4, -0.2) is 75.7 Å². The molecule has 0 aliphatic carbocycles. The van der Waals surface area contributed by atoms with Crippen LogP contribution in [0.4, 0.5) is 27.5 Å². The predicted molar refractivity (Wildman–Crippen MR) is 190 cm³/mol. The number of nitrogens with one attached hydrogen (secondary N) is 2. The van der Waals surface area contributed by atoms with Crippen LogP contribution < -0.4 is 34.8 Å². The maximum atomic E-state index is 13.8. The average Bonchev–Trinajstić information content (AvgIpc) is 3.14. The highest BCUT2D eigenvalue weighted by Crippen LogP contribution is 2.30. The average molecular weight is 682 g/mol. The molecule has 0 saturated carbocycles. The summed E-state index contributed by atoms with van der Waals surface area (Å²) in [6.45, 7) is 0.203. The maximum absolute atomic E-state index is 13.8. The number of carbonyl (C=O) groups is 5. The number of likely N-dealkylation sites (N-methyl/N-ethyl adjacent to an activating group) is 2. The first-order valence-electron chi connectivity index (χ1n) is 15.6. The lowest BCUT2D eigenvalue weighted by molar-refractivity contribution is -0.138. The summed E-state index contributed by atoms with van der Waals surface area (Å²) in [5.41, 5.74) is 2.17. The Morgan fingerprint density at radius 3 is 2.06 bits per heavy atom. The number of amides is 5. The highest BCUT2D eigenvalue weighted by molar-refractivity contribution is 6.06. The Morgan fingerprint density at radius 1 is 0.740 bits per heavy atom. The Balaban J connectivity index is 1.53. The van der Waals surface area contributed by atoms with Crippen molar-refractivity contribution in [1.82, 2.24) is 5.32 Å². The third kappa shape index (κ3) is 9.37. The molecule has 0 bridgehead atoms. The second-order valence-electron chi connectivity index (χ2n) is 11.1. The van der Waals surface area contributed by atoms with Crippen LogP contribution in [0.3, 0.4) is 0 Å². The normalized spacial score (nSPS) is 11.0. The van der Waals surface area contributed by atoms with Crippen LogP contribution in [0.2, 0.25) is 0 Å². The molecule has 0 heterocycles. The van der Waals surface area contributed by atoms with Crippen molar-refractivity contribution < 1.29 is 38.6 Å². The summed E-state index contributed by atoms with van der Waals surface area (Å²) in [5, 5.41) is 14.4. The van der Waals surface area contributed by atoms with Crippen molar-refractivity contribution in [2.45, 2.75) is 12.8 Å². The highest BCUT2D eigenvalue weighted by atomic mass is 16.5. The van der Waals surface area contributed by atoms with Crippen LogP contribution in [0.15, 0.2) is 103 Å². The number of anilines is 4. The molecule has 0 aliphatic heterocycles. The van der Waals surface area contributed by atoms with Gasteiger partial charge >= 0.3 is 12.0 Å². The number of hydrogen-bond acceptors (Lipinski definition) is 7. The van der Waals surface area contributed by atoms with Crippen LogP contribution in [0.5, 0.6) is 11.5 Å². The topological polar surface area (TPSA) is 158 Å². The molecule has 4 rings (SSSR count). The van der Waals surface area contributed by atoms with Crippen molar-refractivity contribution >= 4 is 52.5 Å². The van der Waals surface area contributed by atoms with Gasteiger partial charge in [0, 0.05) is 25.5 Å². The van der Waals surface area contributed by atoms with E-state index in [1.165, 1.54) is 34.8 Å². The molecule has 3 N–H and O–H groups in total. The Morgan fingerprint density at radius 2 is 1.38 bits per heavy atom. The van der Waals surface area contributed by atoms with Crippen LogP contribution in [0.25, 0.3) is 0 Å². The molecule has 0 saturated heterocycles. The van der Waals surface area contributed by atoms with Crippen molar-refractivity contribution in [1.29, 1.82) is 0 Å². The molecule has 13 heteroatoms. The van der Waals surface area contributed by atoms with Gasteiger partial charge in [-0.05, 0) is 61.0 Å². The SMILES string of the molecule is COc1ccccc1N(C)C(=O)COc1ccccc1N(CC(=O)N(C)c1ccccc1)C(=O)CNC(=O)Nc1cccc(C(C)C(=O)O)c1. The van der Waals surface area contributed by atoms with Crippen LogP contribution in [0, 0.1) is 0 Å². The van der Waals surface area contributed by atoms with Crippen molar-refractivity contribution in [3.63, 3.8) is 0 Å². The number of carboxylic acid groups (broad SMARTS) is 1. The van der Waals surface area contributed by atoms with Gasteiger partial charge in [0.1, 0.15) is 18.0 Å². The first-order valence-corrected chi connectivity index (χ1v) is 15.6. The Bertz CT molecular complexity index is 1830. The summed E-state index contributed by atoms with van der Waals surface area (Å²) in [7, 11) is 4.67. The Hall–Kier alpha value is -6.37. The molecule has 0 spiro atoms. The molecule has 0 fully saturated rings. The van der Waals surface area contributed by atoms with E-state index in [0.717, 1.165) is 0 Å². The fourth-order valence-corrected chi connectivity index (χ4v) is 4.88. The first-order chi connectivity index (χ1) is 24.0. The Labute approximate surface area is 290 Å². The van der Waals surface area contributed by atoms with Crippen molar-refractivity contribution in [3.8, 4) is 11.5 Å². The molecule has 50 heavy (non-hydrogen) atoms. The number of benzene rings is 4. The fourth-order valence-electron chi connectivity index (χ4n) is 4.88. The van der Waals surface area contributed by atoms with Gasteiger partial charge in [-0.25, -0.2) is 4.79 Å². The monoisotopic (exact) mass is 681 g/mol. The lowest BCUT2D eigenvalue weighted by Crippen LogP contribution is -2.46. The van der Waals surface area contributed by atoms with Gasteiger partial charge in [-0.1, -0.05) is 54.6 Å². The number of nitrogens with zero attached hydrogens (tertiary/aromatic N) is 3. The minimum Gasteiger partial charge on any atom is -0.495 e. The van der Waals surface area contributed by atoms with Gasteiger partial charge in [0.15, 0.2) is 6.61 Å². The van der Waals surface area contributed by atoms with Gasteiger partial charge in [-0.3, -0.25) is 24.1 Å². The molecular formula is C37H39N5O8. The fraction of sp³-hybridized carbons (Fsp3) is 0.216. The summed E-state index contributed by atoms with van der Waals surface area (Å²) < 4.78 is 11.3. The molecule has 260 valence electrons. The molecule has 0 radical (unpaired) electrons. The van der Waals surface area contributed by atoms with E-state index in [-0.39, 0.29) is 11.4 Å². The number of rotatable bonds is 14. The summed E-state index contributed by atoms with van der Waals surface area (Å²) in [5.74, 6) is -2.62. The summed E-state index contributed by atoms with van der Waals surface area (Å²) in [6, 6.07) is 28.0. The van der Waals surface area contributed by atoms with E-state index in [2.05, 4.69) is 10.6 Å². The number of aliphatic carboxylic acids is 1. The zero-order chi connectivity index (χ0) is 36.2. The minimum atomic E-state index is -1.01. The van der Waals surface area contributed by atoms with Crippen LogP contribution in [0.1, 0.15) is 18.4 Å². The number of methoxy groups -OCH3 is 1. The second-order valence-corrected chi connectivity index (χ2v) is 11.1. The zero-order valence-electron chi connectivity index (χ0n) is 28.2. The van der Waals surface area contributed by atoms with E-state index in [1.807, 2.05) is 6.07 Å². The molecule has 1 unspecified atom stereocenters. The first kappa shape index (κ1) is 36.5. The van der Waals surface area contributed by atoms with Gasteiger partial charge < -0.3 is 35.0 Å². The number of para-hydroxylation sites is 5. The molecule has 0 aliphatic rings. The van der Waals surface area contributed by atoms with E-state index in [1.54, 1.807) is 105 Å². The molecule has 4 aromatic carbocycles.